The van der Waals surface area contributed by atoms with Gasteiger partial charge in [0.1, 0.15) is 0 Å². The Labute approximate surface area is 137 Å². The highest BCUT2D eigenvalue weighted by Gasteiger charge is 2.34. The van der Waals surface area contributed by atoms with Crippen molar-refractivity contribution in [1.29, 1.82) is 0 Å². The van der Waals surface area contributed by atoms with Crippen LogP contribution >= 0.6 is 0 Å². The van der Waals surface area contributed by atoms with Gasteiger partial charge in [0.05, 0.1) is 16.7 Å². The van der Waals surface area contributed by atoms with E-state index in [1.807, 2.05) is 19.9 Å². The second-order valence-corrected chi connectivity index (χ2v) is 7.93. The molecule has 5 heteroatoms. The molecule has 0 aromatic heterocycles. The number of hydrogen-bond acceptors (Lipinski definition) is 3. The maximum Gasteiger partial charge on any atom is 0.264 e. The quantitative estimate of drug-likeness (QED) is 0.917. The molecule has 4 nitrogen and oxygen atoms in total. The first-order valence-corrected chi connectivity index (χ1v) is 9.23. The van der Waals surface area contributed by atoms with E-state index in [0.717, 1.165) is 5.56 Å². The highest BCUT2D eigenvalue weighted by molar-refractivity contribution is 7.92. The largest absolute Gasteiger partial charge is 0.388 e. The lowest BCUT2D eigenvalue weighted by molar-refractivity contribution is 0.166. The van der Waals surface area contributed by atoms with Crippen molar-refractivity contribution in [3.05, 3.63) is 59.7 Å². The normalized spacial score (nSPS) is 21.6. The van der Waals surface area contributed by atoms with Gasteiger partial charge in [-0.3, -0.25) is 4.31 Å². The molecule has 0 saturated heterocycles. The number of fused-ring (bicyclic) bond motifs is 1. The van der Waals surface area contributed by atoms with Gasteiger partial charge in [-0.1, -0.05) is 35.9 Å². The molecule has 1 N–H and O–H groups in total. The molecule has 2 atom stereocenters. The molecule has 3 rings (SSSR count). The summed E-state index contributed by atoms with van der Waals surface area (Å²) in [5.74, 6) is 0. The van der Waals surface area contributed by atoms with Crippen LogP contribution in [0.25, 0.3) is 0 Å². The van der Waals surface area contributed by atoms with Crippen molar-refractivity contribution in [3.8, 4) is 0 Å². The average molecular weight is 331 g/mol. The lowest BCUT2D eigenvalue weighted by atomic mass is 10.0. The Balaban J connectivity index is 2.16. The van der Waals surface area contributed by atoms with Crippen molar-refractivity contribution in [3.63, 3.8) is 0 Å². The molecule has 1 heterocycles. The predicted octanol–water partition coefficient (Wildman–Crippen LogP) is 3.41. The third-order valence-corrected chi connectivity index (χ3v) is 6.31. The Bertz CT molecular complexity index is 799. The fourth-order valence-corrected chi connectivity index (χ4v) is 4.78. The molecule has 0 bridgehead atoms. The van der Waals surface area contributed by atoms with Crippen LogP contribution in [-0.2, 0) is 10.0 Å². The Kier molecular flexibility index (Phi) is 4.17. The summed E-state index contributed by atoms with van der Waals surface area (Å²) in [7, 11) is -3.67. The van der Waals surface area contributed by atoms with Crippen LogP contribution in [0, 0.1) is 6.92 Å². The Morgan fingerprint density at radius 1 is 1.04 bits per heavy atom. The van der Waals surface area contributed by atoms with E-state index in [-0.39, 0.29) is 10.9 Å². The SMILES string of the molecule is Cc1ccc(S(=O)(=O)N2c3ccccc3[C@@H](O)CCC2C)cc1. The monoisotopic (exact) mass is 331 g/mol. The van der Waals surface area contributed by atoms with Gasteiger partial charge in [-0.05, 0) is 44.9 Å². The summed E-state index contributed by atoms with van der Waals surface area (Å²) in [5, 5.41) is 10.3. The van der Waals surface area contributed by atoms with Gasteiger partial charge in [-0.25, -0.2) is 8.42 Å². The van der Waals surface area contributed by atoms with Gasteiger partial charge in [0.25, 0.3) is 10.0 Å². The lowest BCUT2D eigenvalue weighted by Gasteiger charge is -2.30. The van der Waals surface area contributed by atoms with Crippen LogP contribution in [0.2, 0.25) is 0 Å². The van der Waals surface area contributed by atoms with Crippen molar-refractivity contribution < 1.29 is 13.5 Å². The zero-order chi connectivity index (χ0) is 16.6. The number of aryl methyl sites for hydroxylation is 1. The van der Waals surface area contributed by atoms with Crippen LogP contribution in [-0.4, -0.2) is 19.6 Å². The molecule has 2 aromatic carbocycles. The molecule has 0 fully saturated rings. The van der Waals surface area contributed by atoms with E-state index in [2.05, 4.69) is 0 Å². The van der Waals surface area contributed by atoms with E-state index >= 15 is 0 Å². The van der Waals surface area contributed by atoms with Crippen molar-refractivity contribution in [2.24, 2.45) is 0 Å². The third-order valence-electron chi connectivity index (χ3n) is 4.37. The van der Waals surface area contributed by atoms with Gasteiger partial charge in [-0.15, -0.1) is 0 Å². The number of anilines is 1. The maximum atomic E-state index is 13.2. The number of benzene rings is 2. The molecular weight excluding hydrogens is 310 g/mol. The van der Waals surface area contributed by atoms with Crippen molar-refractivity contribution in [2.45, 2.75) is 43.7 Å². The first kappa shape index (κ1) is 16.0. The summed E-state index contributed by atoms with van der Waals surface area (Å²) in [6.45, 7) is 3.82. The summed E-state index contributed by atoms with van der Waals surface area (Å²) >= 11 is 0. The van der Waals surface area contributed by atoms with E-state index in [4.69, 9.17) is 0 Å². The third kappa shape index (κ3) is 2.86. The number of sulfonamides is 1. The minimum atomic E-state index is -3.67. The van der Waals surface area contributed by atoms with Crippen molar-refractivity contribution in [2.75, 3.05) is 4.31 Å². The molecule has 0 saturated carbocycles. The van der Waals surface area contributed by atoms with E-state index in [9.17, 15) is 13.5 Å². The zero-order valence-corrected chi connectivity index (χ0v) is 14.1. The standard InChI is InChI=1S/C18H21NO3S/c1-13-7-10-15(11-8-13)23(21,22)19-14(2)9-12-18(20)16-5-3-4-6-17(16)19/h3-8,10-11,14,18,20H,9,12H2,1-2H3/t14?,18-/m0/s1. The molecule has 0 aliphatic carbocycles. The highest BCUT2D eigenvalue weighted by atomic mass is 32.2. The van der Waals surface area contributed by atoms with E-state index in [1.54, 1.807) is 42.5 Å². The van der Waals surface area contributed by atoms with Gasteiger partial charge in [0.2, 0.25) is 0 Å². The van der Waals surface area contributed by atoms with Crippen LogP contribution in [0.3, 0.4) is 0 Å². The smallest absolute Gasteiger partial charge is 0.264 e. The number of rotatable bonds is 2. The fraction of sp³-hybridized carbons (Fsp3) is 0.333. The molecule has 0 radical (unpaired) electrons. The summed E-state index contributed by atoms with van der Waals surface area (Å²) in [6.07, 6.45) is 0.533. The minimum Gasteiger partial charge on any atom is -0.388 e. The molecule has 23 heavy (non-hydrogen) atoms. The zero-order valence-electron chi connectivity index (χ0n) is 13.3. The van der Waals surface area contributed by atoms with Crippen LogP contribution < -0.4 is 4.31 Å². The van der Waals surface area contributed by atoms with E-state index in [0.29, 0.717) is 24.1 Å². The van der Waals surface area contributed by atoms with Crippen LogP contribution in [0.15, 0.2) is 53.4 Å². The van der Waals surface area contributed by atoms with Crippen LogP contribution in [0.5, 0.6) is 0 Å². The number of aliphatic hydroxyl groups excluding tert-OH is 1. The second kappa shape index (κ2) is 5.98. The molecule has 0 amide bonds. The van der Waals surface area contributed by atoms with Crippen molar-refractivity contribution in [1.82, 2.24) is 0 Å². The second-order valence-electron chi connectivity index (χ2n) is 6.11. The summed E-state index contributed by atoms with van der Waals surface area (Å²) in [6, 6.07) is 13.9. The number of hydrogen-bond donors (Lipinski definition) is 1. The van der Waals surface area contributed by atoms with E-state index in [1.165, 1.54) is 4.31 Å². The highest BCUT2D eigenvalue weighted by Crippen LogP contribution is 2.38. The Morgan fingerprint density at radius 2 is 1.70 bits per heavy atom. The van der Waals surface area contributed by atoms with Gasteiger partial charge in [0.15, 0.2) is 0 Å². The molecule has 1 aliphatic heterocycles. The van der Waals surface area contributed by atoms with Crippen molar-refractivity contribution >= 4 is 15.7 Å². The van der Waals surface area contributed by atoms with Gasteiger partial charge >= 0.3 is 0 Å². The van der Waals surface area contributed by atoms with Crippen LogP contribution in [0.4, 0.5) is 5.69 Å². The van der Waals surface area contributed by atoms with Gasteiger partial charge < -0.3 is 5.11 Å². The number of para-hydroxylation sites is 1. The average Bonchev–Trinajstić information content (AvgIpc) is 2.65. The number of nitrogens with zero attached hydrogens (tertiary/aromatic N) is 1. The van der Waals surface area contributed by atoms with Gasteiger partial charge in [0, 0.05) is 11.6 Å². The molecule has 122 valence electrons. The molecule has 2 aromatic rings. The molecular formula is C18H21NO3S. The Morgan fingerprint density at radius 3 is 2.39 bits per heavy atom. The summed E-state index contributed by atoms with van der Waals surface area (Å²) < 4.78 is 27.8. The fourth-order valence-electron chi connectivity index (χ4n) is 3.07. The molecule has 1 unspecified atom stereocenters. The maximum absolute atomic E-state index is 13.2. The number of aliphatic hydroxyl groups is 1. The van der Waals surface area contributed by atoms with Gasteiger partial charge in [-0.2, -0.15) is 0 Å². The summed E-state index contributed by atoms with van der Waals surface area (Å²) in [4.78, 5) is 0.279. The summed E-state index contributed by atoms with van der Waals surface area (Å²) in [5.41, 5.74) is 2.27. The molecule has 0 spiro atoms. The first-order valence-electron chi connectivity index (χ1n) is 7.79. The topological polar surface area (TPSA) is 57.6 Å². The predicted molar refractivity (Wildman–Crippen MR) is 90.9 cm³/mol. The lowest BCUT2D eigenvalue weighted by Crippen LogP contribution is -2.38. The van der Waals surface area contributed by atoms with Crippen LogP contribution in [0.1, 0.15) is 37.0 Å². The minimum absolute atomic E-state index is 0.209. The van der Waals surface area contributed by atoms with E-state index < -0.39 is 16.1 Å². The Hall–Kier alpha value is -1.85. The first-order chi connectivity index (χ1) is 10.9. The molecule has 1 aliphatic rings.